The quantitative estimate of drug-likeness (QED) is 0.199. The van der Waals surface area contributed by atoms with Gasteiger partial charge in [-0.2, -0.15) is 15.0 Å². The number of nitrogens with zero attached hydrogens (tertiary/aromatic N) is 8. The van der Waals surface area contributed by atoms with Gasteiger partial charge in [-0.05, 0) is 179 Å². The number of allylic oxidation sites excluding steroid dienone is 8. The van der Waals surface area contributed by atoms with Crippen molar-refractivity contribution in [3.63, 3.8) is 0 Å². The Morgan fingerprint density at radius 2 is 1.11 bits per heavy atom. The van der Waals surface area contributed by atoms with E-state index in [2.05, 4.69) is 94.6 Å². The maximum Gasteiger partial charge on any atom is 0.155 e. The molecule has 10 nitrogen and oxygen atoms in total. The van der Waals surface area contributed by atoms with Gasteiger partial charge in [0.05, 0.1) is 30.7 Å². The largest absolute Gasteiger partial charge is 0.295 e. The average Bonchev–Trinajstić information content (AvgIpc) is 4.12. The predicted molar refractivity (Wildman–Crippen MR) is 237 cm³/mol. The molecule has 0 amide bonds. The second kappa shape index (κ2) is 14.7. The molecule has 4 fully saturated rings. The Hall–Kier alpha value is -5.12. The summed E-state index contributed by atoms with van der Waals surface area (Å²) < 4.78 is 2.01. The van der Waals surface area contributed by atoms with Gasteiger partial charge in [-0.15, -0.1) is 5.10 Å². The van der Waals surface area contributed by atoms with Gasteiger partial charge in [-0.3, -0.25) is 19.6 Å². The van der Waals surface area contributed by atoms with Crippen LogP contribution in [-0.2, 0) is 9.59 Å². The van der Waals surface area contributed by atoms with Crippen LogP contribution in [0.5, 0.6) is 0 Å². The fraction of sp³-hybridized carbons (Fsp3) is 0.538. The average molecular weight is 829 g/mol. The van der Waals surface area contributed by atoms with E-state index < -0.39 is 0 Å². The van der Waals surface area contributed by atoms with Crippen LogP contribution in [0.3, 0.4) is 0 Å². The Labute approximate surface area is 365 Å². The zero-order chi connectivity index (χ0) is 42.4. The van der Waals surface area contributed by atoms with E-state index in [1.165, 1.54) is 59.1 Å². The number of ketones is 2. The lowest BCUT2D eigenvalue weighted by atomic mass is 9.46. The molecular formula is C52H60N8O2. The highest BCUT2D eigenvalue weighted by Gasteiger charge is 2.61. The van der Waals surface area contributed by atoms with Crippen LogP contribution in [0.2, 0.25) is 0 Å². The Morgan fingerprint density at radius 1 is 0.597 bits per heavy atom. The smallest absolute Gasteiger partial charge is 0.155 e. The molecule has 0 aromatic carbocycles. The Bertz CT molecular complexity index is 2320. The van der Waals surface area contributed by atoms with Gasteiger partial charge in [-0.1, -0.05) is 57.2 Å². The first-order chi connectivity index (χ1) is 30.0. The Kier molecular flexibility index (Phi) is 9.44. The minimum atomic E-state index is 0.0630. The lowest BCUT2D eigenvalue weighted by molar-refractivity contribution is -0.118. The van der Waals surface area contributed by atoms with E-state index in [0.29, 0.717) is 48.3 Å². The fourth-order valence-electron chi connectivity index (χ4n) is 15.5. The Balaban J connectivity index is 0.000000139. The van der Waals surface area contributed by atoms with Crippen molar-refractivity contribution < 1.29 is 9.59 Å². The molecule has 0 bridgehead atoms. The standard InChI is InChI=1S/2C26H30N4O/c1-25-10-8-22-19(21(25)6-5-20(25)17-4-3-11-27-16-17)15-24(30-13-12-28-29-30)23-14-18(31)7-9-26(22,23)2;1-25-10-8-22-19(21(25)6-5-20(25)17-4-3-11-27-16-17)15-24(30-28-12-13-29-30)23-14-18(31)7-9-26(22,23)2/h2*3-5,11-14,16,19,21-22,24H,6-10,15H2,1-2H3/t2*19-,21-,22-,24?,25+,26+/m00/s1. The highest BCUT2D eigenvalue weighted by Crippen LogP contribution is 2.70. The van der Waals surface area contributed by atoms with Gasteiger partial charge < -0.3 is 0 Å². The summed E-state index contributed by atoms with van der Waals surface area (Å²) in [6, 6.07) is 8.77. The molecule has 0 saturated heterocycles. The molecule has 320 valence electrons. The van der Waals surface area contributed by atoms with Crippen molar-refractivity contribution in [1.82, 2.24) is 40.0 Å². The van der Waals surface area contributed by atoms with E-state index in [0.717, 1.165) is 38.5 Å². The topological polar surface area (TPSA) is 121 Å². The lowest BCUT2D eigenvalue weighted by Crippen LogP contribution is -2.52. The highest BCUT2D eigenvalue weighted by atomic mass is 16.1. The predicted octanol–water partition coefficient (Wildman–Crippen LogP) is 10.1. The molecule has 4 aromatic rings. The van der Waals surface area contributed by atoms with Gasteiger partial charge in [0.15, 0.2) is 11.6 Å². The van der Waals surface area contributed by atoms with Crippen molar-refractivity contribution in [3.05, 3.63) is 120 Å². The maximum absolute atomic E-state index is 12.4. The van der Waals surface area contributed by atoms with Gasteiger partial charge in [-0.25, -0.2) is 4.68 Å². The molecule has 4 heterocycles. The van der Waals surface area contributed by atoms with Gasteiger partial charge in [0.1, 0.15) is 0 Å². The first kappa shape index (κ1) is 39.7. The summed E-state index contributed by atoms with van der Waals surface area (Å²) in [4.78, 5) is 35.5. The molecule has 0 aliphatic heterocycles. The minimum absolute atomic E-state index is 0.0630. The summed E-state index contributed by atoms with van der Waals surface area (Å²) in [6.45, 7) is 9.83. The molecule has 4 saturated carbocycles. The SMILES string of the molecule is C[C@]12CCC(=O)C=C1C(n1ccnn1)C[C@@H]1[C@@H]2CC[C@]2(C)C(c3cccnc3)=CC[C@@H]12.C[C@]12CCC(=O)C=C1C(n1nccn1)C[C@@H]1[C@@H]2CC[C@]2(C)C(c3cccnc3)=CC[C@@H]12. The second-order valence-corrected chi connectivity index (χ2v) is 21.1. The van der Waals surface area contributed by atoms with E-state index in [1.54, 1.807) is 18.6 Å². The van der Waals surface area contributed by atoms with Gasteiger partial charge in [0.2, 0.25) is 0 Å². The van der Waals surface area contributed by atoms with Crippen molar-refractivity contribution >= 4 is 22.7 Å². The maximum atomic E-state index is 12.4. The van der Waals surface area contributed by atoms with Crippen molar-refractivity contribution in [2.45, 2.75) is 117 Å². The second-order valence-electron chi connectivity index (χ2n) is 21.1. The molecule has 62 heavy (non-hydrogen) atoms. The summed E-state index contributed by atoms with van der Waals surface area (Å²) in [7, 11) is 0. The summed E-state index contributed by atoms with van der Waals surface area (Å²) in [5.74, 6) is 4.27. The summed E-state index contributed by atoms with van der Waals surface area (Å²) in [5, 5.41) is 17.5. The Morgan fingerprint density at radius 3 is 1.60 bits per heavy atom. The first-order valence-corrected chi connectivity index (χ1v) is 23.4. The van der Waals surface area contributed by atoms with Gasteiger partial charge in [0.25, 0.3) is 0 Å². The third-order valence-corrected chi connectivity index (χ3v) is 18.5. The fourth-order valence-corrected chi connectivity index (χ4v) is 15.5. The van der Waals surface area contributed by atoms with Crippen LogP contribution in [0.4, 0.5) is 0 Å². The van der Waals surface area contributed by atoms with Gasteiger partial charge in [0, 0.05) is 43.8 Å². The molecule has 0 N–H and O–H groups in total. The first-order valence-electron chi connectivity index (χ1n) is 23.4. The molecular weight excluding hydrogens is 769 g/mol. The number of aromatic nitrogens is 8. The number of hydrogen-bond donors (Lipinski definition) is 0. The number of pyridine rings is 2. The molecule has 8 aliphatic carbocycles. The van der Waals surface area contributed by atoms with Crippen LogP contribution in [0.1, 0.15) is 128 Å². The van der Waals surface area contributed by atoms with Crippen LogP contribution in [0, 0.1) is 57.2 Å². The van der Waals surface area contributed by atoms with Crippen LogP contribution in [-0.4, -0.2) is 51.5 Å². The molecule has 4 aromatic heterocycles. The molecule has 12 rings (SSSR count). The van der Waals surface area contributed by atoms with E-state index in [1.807, 2.05) is 52.6 Å². The number of rotatable bonds is 4. The van der Waals surface area contributed by atoms with Crippen molar-refractivity contribution in [1.29, 1.82) is 0 Å². The monoisotopic (exact) mass is 828 g/mol. The summed E-state index contributed by atoms with van der Waals surface area (Å²) in [6.07, 6.45) is 36.4. The van der Waals surface area contributed by atoms with Crippen LogP contribution < -0.4 is 0 Å². The van der Waals surface area contributed by atoms with E-state index in [9.17, 15) is 9.59 Å². The van der Waals surface area contributed by atoms with E-state index in [-0.39, 0.29) is 45.3 Å². The van der Waals surface area contributed by atoms with Crippen LogP contribution >= 0.6 is 0 Å². The zero-order valence-electron chi connectivity index (χ0n) is 36.7. The van der Waals surface area contributed by atoms with Crippen molar-refractivity contribution in [2.75, 3.05) is 0 Å². The molecule has 8 aliphatic rings. The van der Waals surface area contributed by atoms with E-state index >= 15 is 0 Å². The third-order valence-electron chi connectivity index (χ3n) is 18.5. The third kappa shape index (κ3) is 6.01. The highest BCUT2D eigenvalue weighted by molar-refractivity contribution is 5.92. The molecule has 12 atom stereocenters. The number of fused-ring (bicyclic) bond motifs is 10. The molecule has 0 radical (unpaired) electrons. The number of carbonyl (C=O) groups is 2. The van der Waals surface area contributed by atoms with Crippen molar-refractivity contribution in [3.8, 4) is 0 Å². The normalized spacial score (nSPS) is 39.2. The molecule has 10 heteroatoms. The van der Waals surface area contributed by atoms with Gasteiger partial charge >= 0.3 is 0 Å². The summed E-state index contributed by atoms with van der Waals surface area (Å²) in [5.41, 5.74) is 8.65. The number of carbonyl (C=O) groups excluding carboxylic acids is 2. The molecule has 0 spiro atoms. The van der Waals surface area contributed by atoms with Crippen LogP contribution in [0.25, 0.3) is 11.1 Å². The molecule has 2 unspecified atom stereocenters. The van der Waals surface area contributed by atoms with Crippen molar-refractivity contribution in [2.24, 2.45) is 57.2 Å². The zero-order valence-corrected chi connectivity index (χ0v) is 36.7. The minimum Gasteiger partial charge on any atom is -0.295 e. The van der Waals surface area contributed by atoms with Crippen LogP contribution in [0.15, 0.2) is 109 Å². The summed E-state index contributed by atoms with van der Waals surface area (Å²) >= 11 is 0. The number of hydrogen-bond acceptors (Lipinski definition) is 8. The lowest BCUT2D eigenvalue weighted by Gasteiger charge is -2.59. The van der Waals surface area contributed by atoms with E-state index in [4.69, 9.17) is 0 Å².